The predicted octanol–water partition coefficient (Wildman–Crippen LogP) is 3.15. The van der Waals surface area contributed by atoms with E-state index >= 15 is 0 Å². The lowest BCUT2D eigenvalue weighted by atomic mass is 10.2. The van der Waals surface area contributed by atoms with Gasteiger partial charge in [-0.15, -0.1) is 0 Å². The van der Waals surface area contributed by atoms with E-state index in [9.17, 15) is 4.79 Å². The van der Waals surface area contributed by atoms with Gasteiger partial charge in [-0.1, -0.05) is 25.7 Å². The molecule has 0 bridgehead atoms. The first-order chi connectivity index (χ1) is 6.08. The predicted molar refractivity (Wildman–Crippen MR) is 62.9 cm³/mol. The van der Waals surface area contributed by atoms with Crippen molar-refractivity contribution < 1.29 is 9.53 Å². The number of carbonyl (C=O) groups excluding carboxylic acids is 1. The second kappa shape index (κ2) is 4.30. The van der Waals surface area contributed by atoms with Crippen molar-refractivity contribution in [3.63, 3.8) is 0 Å². The molecule has 0 aromatic carbocycles. The zero-order valence-corrected chi connectivity index (χ0v) is 11.4. The lowest BCUT2D eigenvalue weighted by Gasteiger charge is -2.25. The summed E-state index contributed by atoms with van der Waals surface area (Å²) < 4.78 is 5.34. The van der Waals surface area contributed by atoms with E-state index in [1.807, 2.05) is 33.8 Å². The Morgan fingerprint density at radius 3 is 1.86 bits per heavy atom. The summed E-state index contributed by atoms with van der Waals surface area (Å²) in [7, 11) is -1.56. The van der Waals surface area contributed by atoms with Crippen molar-refractivity contribution in [2.24, 2.45) is 0 Å². The minimum Gasteiger partial charge on any atom is -0.457 e. The van der Waals surface area contributed by atoms with Gasteiger partial charge in [0.1, 0.15) is 5.60 Å². The highest BCUT2D eigenvalue weighted by Crippen LogP contribution is 2.19. The topological polar surface area (TPSA) is 26.3 Å². The van der Waals surface area contributed by atoms with E-state index in [-0.39, 0.29) is 5.97 Å². The molecule has 0 atom stereocenters. The molecule has 0 N–H and O–H groups in total. The standard InChI is InChI=1S/C11H22O2Si/c1-8-9(14(5,6)7)10(12)13-11(2,3)4/h8H,1-7H3/b9-8+. The molecule has 0 aliphatic carbocycles. The third kappa shape index (κ3) is 4.60. The van der Waals surface area contributed by atoms with Gasteiger partial charge >= 0.3 is 5.97 Å². The highest BCUT2D eigenvalue weighted by Gasteiger charge is 2.28. The van der Waals surface area contributed by atoms with Crippen molar-refractivity contribution in [2.75, 3.05) is 0 Å². The molecule has 2 nitrogen and oxygen atoms in total. The van der Waals surface area contributed by atoms with Crippen molar-refractivity contribution in [1.29, 1.82) is 0 Å². The van der Waals surface area contributed by atoms with Crippen LogP contribution in [0.3, 0.4) is 0 Å². The maximum absolute atomic E-state index is 11.8. The van der Waals surface area contributed by atoms with Gasteiger partial charge in [-0.25, -0.2) is 4.79 Å². The van der Waals surface area contributed by atoms with E-state index in [0.717, 1.165) is 5.20 Å². The lowest BCUT2D eigenvalue weighted by molar-refractivity contribution is -0.149. The molecule has 0 aliphatic heterocycles. The van der Waals surface area contributed by atoms with Gasteiger partial charge in [0.25, 0.3) is 0 Å². The largest absolute Gasteiger partial charge is 0.457 e. The summed E-state index contributed by atoms with van der Waals surface area (Å²) in [5.74, 6) is -0.154. The van der Waals surface area contributed by atoms with Gasteiger partial charge in [-0.3, -0.25) is 0 Å². The van der Waals surface area contributed by atoms with Crippen LogP contribution in [0.25, 0.3) is 0 Å². The maximum Gasteiger partial charge on any atom is 0.330 e. The first-order valence-electron chi connectivity index (χ1n) is 4.98. The van der Waals surface area contributed by atoms with Gasteiger partial charge in [0.05, 0.1) is 8.07 Å². The molecular weight excluding hydrogens is 192 g/mol. The van der Waals surface area contributed by atoms with Crippen molar-refractivity contribution >= 4 is 14.0 Å². The molecule has 0 aromatic heterocycles. The van der Waals surface area contributed by atoms with Gasteiger partial charge < -0.3 is 4.74 Å². The Hall–Kier alpha value is -0.573. The summed E-state index contributed by atoms with van der Waals surface area (Å²) >= 11 is 0. The Morgan fingerprint density at radius 2 is 1.64 bits per heavy atom. The number of hydrogen-bond acceptors (Lipinski definition) is 2. The van der Waals surface area contributed by atoms with Crippen LogP contribution < -0.4 is 0 Å². The minimum absolute atomic E-state index is 0.154. The molecule has 0 aromatic rings. The fraction of sp³-hybridized carbons (Fsp3) is 0.727. The second-order valence-corrected chi connectivity index (χ2v) is 10.5. The molecule has 0 amide bonds. The fourth-order valence-corrected chi connectivity index (χ4v) is 2.72. The average molecular weight is 214 g/mol. The summed E-state index contributed by atoms with van der Waals surface area (Å²) in [5, 5.41) is 0.868. The molecule has 0 aliphatic rings. The first kappa shape index (κ1) is 13.4. The van der Waals surface area contributed by atoms with Crippen LogP contribution in [-0.4, -0.2) is 19.6 Å². The van der Waals surface area contributed by atoms with Crippen LogP contribution in [0.1, 0.15) is 27.7 Å². The zero-order valence-electron chi connectivity index (χ0n) is 10.4. The number of esters is 1. The smallest absolute Gasteiger partial charge is 0.330 e. The Labute approximate surface area is 88.4 Å². The fourth-order valence-electron chi connectivity index (χ4n) is 1.19. The molecular formula is C11H22O2Si. The van der Waals surface area contributed by atoms with Crippen molar-refractivity contribution in [2.45, 2.75) is 52.9 Å². The first-order valence-corrected chi connectivity index (χ1v) is 8.48. The Kier molecular flexibility index (Phi) is 4.12. The van der Waals surface area contributed by atoms with Crippen LogP contribution in [0.2, 0.25) is 19.6 Å². The molecule has 3 heteroatoms. The van der Waals surface area contributed by atoms with Crippen LogP contribution >= 0.6 is 0 Å². The third-order valence-corrected chi connectivity index (χ3v) is 3.82. The molecule has 0 saturated carbocycles. The third-order valence-electron chi connectivity index (χ3n) is 1.72. The summed E-state index contributed by atoms with van der Waals surface area (Å²) in [6.07, 6.45) is 1.89. The Morgan fingerprint density at radius 1 is 1.21 bits per heavy atom. The normalized spacial score (nSPS) is 14.1. The average Bonchev–Trinajstić information content (AvgIpc) is 1.79. The van der Waals surface area contributed by atoms with E-state index in [1.54, 1.807) is 0 Å². The summed E-state index contributed by atoms with van der Waals surface area (Å²) in [6, 6.07) is 0. The van der Waals surface area contributed by atoms with Crippen LogP contribution in [0.4, 0.5) is 0 Å². The Bertz CT molecular complexity index is 241. The van der Waals surface area contributed by atoms with Gasteiger partial charge in [0, 0.05) is 5.20 Å². The second-order valence-electron chi connectivity index (χ2n) is 5.45. The Balaban J connectivity index is 4.69. The van der Waals surface area contributed by atoms with Crippen molar-refractivity contribution in [3.8, 4) is 0 Å². The number of carbonyl (C=O) groups is 1. The van der Waals surface area contributed by atoms with Gasteiger partial charge in [0.15, 0.2) is 0 Å². The number of hydrogen-bond donors (Lipinski definition) is 0. The molecule has 0 heterocycles. The van der Waals surface area contributed by atoms with Crippen LogP contribution in [0.5, 0.6) is 0 Å². The number of ether oxygens (including phenoxy) is 1. The molecule has 82 valence electrons. The monoisotopic (exact) mass is 214 g/mol. The molecule has 0 spiro atoms. The highest BCUT2D eigenvalue weighted by molar-refractivity contribution is 6.87. The SMILES string of the molecule is C/C=C(\C(=O)OC(C)(C)C)[Si](C)(C)C. The minimum atomic E-state index is -1.56. The van der Waals surface area contributed by atoms with E-state index in [0.29, 0.717) is 0 Å². The molecule has 0 fully saturated rings. The maximum atomic E-state index is 11.8. The summed E-state index contributed by atoms with van der Waals surface area (Å²) in [5.41, 5.74) is -0.398. The van der Waals surface area contributed by atoms with E-state index in [2.05, 4.69) is 19.6 Å². The van der Waals surface area contributed by atoms with Crippen molar-refractivity contribution in [1.82, 2.24) is 0 Å². The van der Waals surface area contributed by atoms with E-state index < -0.39 is 13.7 Å². The quantitative estimate of drug-likeness (QED) is 0.401. The molecule has 0 unspecified atom stereocenters. The molecule has 14 heavy (non-hydrogen) atoms. The van der Waals surface area contributed by atoms with Crippen LogP contribution in [0.15, 0.2) is 11.3 Å². The van der Waals surface area contributed by atoms with Gasteiger partial charge in [-0.2, -0.15) is 0 Å². The van der Waals surface area contributed by atoms with Crippen molar-refractivity contribution in [3.05, 3.63) is 11.3 Å². The number of allylic oxidation sites excluding steroid dienone is 1. The van der Waals surface area contributed by atoms with Gasteiger partial charge in [0.2, 0.25) is 0 Å². The molecule has 0 saturated heterocycles. The van der Waals surface area contributed by atoms with Gasteiger partial charge in [-0.05, 0) is 27.7 Å². The summed E-state index contributed by atoms with van der Waals surface area (Å²) in [4.78, 5) is 11.8. The number of rotatable bonds is 2. The van der Waals surface area contributed by atoms with Crippen LogP contribution in [0, 0.1) is 0 Å². The molecule has 0 rings (SSSR count). The zero-order chi connectivity index (χ0) is 11.6. The van der Waals surface area contributed by atoms with Crippen LogP contribution in [-0.2, 0) is 9.53 Å². The molecule has 0 radical (unpaired) electrons. The highest BCUT2D eigenvalue weighted by atomic mass is 28.3. The van der Waals surface area contributed by atoms with E-state index in [4.69, 9.17) is 4.74 Å². The van der Waals surface area contributed by atoms with E-state index in [1.165, 1.54) is 0 Å². The summed E-state index contributed by atoms with van der Waals surface area (Å²) in [6.45, 7) is 14.0. The lowest BCUT2D eigenvalue weighted by Crippen LogP contribution is -2.34.